The Morgan fingerprint density at radius 3 is 2.38 bits per heavy atom. The molecule has 0 bridgehead atoms. The van der Waals surface area contributed by atoms with Crippen molar-refractivity contribution in [2.45, 2.75) is 0 Å². The summed E-state index contributed by atoms with van der Waals surface area (Å²) in [4.78, 5) is 10.8. The smallest absolute Gasteiger partial charge is 0.154 e. The molecular weight excluding hydrogens is 307 g/mol. The van der Waals surface area contributed by atoms with Crippen LogP contribution in [0.1, 0.15) is 10.4 Å². The molecule has 1 aromatic heterocycles. The van der Waals surface area contributed by atoms with E-state index in [1.807, 2.05) is 48.5 Å². The third-order valence-corrected chi connectivity index (χ3v) is 3.75. The molecule has 3 aromatic rings. The number of rotatable bonds is 3. The van der Waals surface area contributed by atoms with Crippen molar-refractivity contribution >= 4 is 29.5 Å². The Labute approximate surface area is 131 Å². The first-order chi connectivity index (χ1) is 10.2. The molecule has 0 spiro atoms. The molecule has 0 unspecified atom stereocenters. The van der Waals surface area contributed by atoms with Gasteiger partial charge in [-0.15, -0.1) is 0 Å². The van der Waals surface area contributed by atoms with Crippen LogP contribution in [0.2, 0.25) is 10.2 Å². The van der Waals surface area contributed by atoms with Gasteiger partial charge in [-0.3, -0.25) is 4.79 Å². The summed E-state index contributed by atoms with van der Waals surface area (Å²) in [6.45, 7) is 0. The maximum atomic E-state index is 10.8. The van der Waals surface area contributed by atoms with E-state index in [1.165, 1.54) is 10.9 Å². The summed E-state index contributed by atoms with van der Waals surface area (Å²) < 4.78 is 1.52. The summed E-state index contributed by atoms with van der Waals surface area (Å²) in [7, 11) is 0. The number of aldehydes is 1. The van der Waals surface area contributed by atoms with Crippen molar-refractivity contribution in [1.29, 1.82) is 0 Å². The molecular formula is C16H10Cl2N2O. The zero-order chi connectivity index (χ0) is 14.8. The summed E-state index contributed by atoms with van der Waals surface area (Å²) in [6, 6.07) is 15.3. The number of halogens is 2. The number of benzene rings is 2. The van der Waals surface area contributed by atoms with Crippen LogP contribution in [-0.2, 0) is 0 Å². The van der Waals surface area contributed by atoms with E-state index in [2.05, 4.69) is 5.10 Å². The molecule has 21 heavy (non-hydrogen) atoms. The molecule has 3 nitrogen and oxygen atoms in total. The van der Waals surface area contributed by atoms with Crippen molar-refractivity contribution in [2.24, 2.45) is 0 Å². The van der Waals surface area contributed by atoms with E-state index < -0.39 is 0 Å². The van der Waals surface area contributed by atoms with E-state index in [0.717, 1.165) is 16.8 Å². The van der Waals surface area contributed by atoms with Crippen LogP contribution in [0.4, 0.5) is 0 Å². The lowest BCUT2D eigenvalue weighted by Gasteiger charge is -2.06. The van der Waals surface area contributed by atoms with Gasteiger partial charge in [0, 0.05) is 5.02 Å². The summed E-state index contributed by atoms with van der Waals surface area (Å²) in [6.07, 6.45) is 2.13. The van der Waals surface area contributed by atoms with Crippen LogP contribution < -0.4 is 0 Å². The Balaban J connectivity index is 1.97. The van der Waals surface area contributed by atoms with Gasteiger partial charge in [-0.25, -0.2) is 4.68 Å². The lowest BCUT2D eigenvalue weighted by molar-refractivity contribution is 0.112. The molecule has 0 fully saturated rings. The Hall–Kier alpha value is -2.10. The predicted molar refractivity (Wildman–Crippen MR) is 84.4 cm³/mol. The van der Waals surface area contributed by atoms with Gasteiger partial charge in [-0.05, 0) is 35.4 Å². The fourth-order valence-electron chi connectivity index (χ4n) is 2.07. The van der Waals surface area contributed by atoms with E-state index in [-0.39, 0.29) is 0 Å². The number of hydrogen-bond donors (Lipinski definition) is 0. The van der Waals surface area contributed by atoms with Crippen molar-refractivity contribution in [3.8, 4) is 16.8 Å². The normalized spacial score (nSPS) is 10.6. The number of nitrogens with zero attached hydrogens (tertiary/aromatic N) is 2. The molecule has 104 valence electrons. The monoisotopic (exact) mass is 316 g/mol. The van der Waals surface area contributed by atoms with Gasteiger partial charge in [0.1, 0.15) is 5.15 Å². The highest BCUT2D eigenvalue weighted by molar-refractivity contribution is 6.32. The minimum absolute atomic E-state index is 0.306. The van der Waals surface area contributed by atoms with Crippen LogP contribution in [-0.4, -0.2) is 16.1 Å². The number of aromatic nitrogens is 2. The minimum Gasteiger partial charge on any atom is -0.298 e. The maximum absolute atomic E-state index is 10.8. The zero-order valence-corrected chi connectivity index (χ0v) is 12.3. The van der Waals surface area contributed by atoms with Gasteiger partial charge in [0.25, 0.3) is 0 Å². The van der Waals surface area contributed by atoms with Crippen LogP contribution in [0.3, 0.4) is 0 Å². The molecule has 0 aliphatic rings. The molecule has 2 aromatic carbocycles. The maximum Gasteiger partial charge on any atom is 0.154 e. The van der Waals surface area contributed by atoms with E-state index >= 15 is 0 Å². The van der Waals surface area contributed by atoms with Crippen molar-refractivity contribution in [3.63, 3.8) is 0 Å². The van der Waals surface area contributed by atoms with Gasteiger partial charge in [-0.1, -0.05) is 47.5 Å². The Kier molecular flexibility index (Phi) is 3.78. The summed E-state index contributed by atoms with van der Waals surface area (Å²) in [5, 5.41) is 5.11. The second kappa shape index (κ2) is 5.72. The van der Waals surface area contributed by atoms with Crippen LogP contribution in [0.15, 0.2) is 54.7 Å². The van der Waals surface area contributed by atoms with Crippen LogP contribution in [0, 0.1) is 0 Å². The first-order valence-electron chi connectivity index (χ1n) is 6.24. The highest BCUT2D eigenvalue weighted by Gasteiger charge is 2.09. The van der Waals surface area contributed by atoms with Crippen LogP contribution in [0.25, 0.3) is 16.8 Å². The average molecular weight is 317 g/mol. The van der Waals surface area contributed by atoms with Crippen molar-refractivity contribution in [2.75, 3.05) is 0 Å². The van der Waals surface area contributed by atoms with E-state index in [9.17, 15) is 4.79 Å². The number of hydrogen-bond acceptors (Lipinski definition) is 2. The predicted octanol–water partition coefficient (Wildman–Crippen LogP) is 4.66. The fraction of sp³-hybridized carbons (Fsp3) is 0. The molecule has 1 heterocycles. The van der Waals surface area contributed by atoms with Crippen LogP contribution >= 0.6 is 23.2 Å². The zero-order valence-electron chi connectivity index (χ0n) is 10.8. The topological polar surface area (TPSA) is 34.9 Å². The Morgan fingerprint density at radius 1 is 1.00 bits per heavy atom. The second-order valence-electron chi connectivity index (χ2n) is 4.48. The molecule has 0 radical (unpaired) electrons. The third kappa shape index (κ3) is 2.71. The summed E-state index contributed by atoms with van der Waals surface area (Å²) in [5.74, 6) is 0. The number of carbonyl (C=O) groups excluding carboxylic acids is 1. The average Bonchev–Trinajstić information content (AvgIpc) is 2.88. The fourth-order valence-corrected chi connectivity index (χ4v) is 2.49. The van der Waals surface area contributed by atoms with Gasteiger partial charge < -0.3 is 0 Å². The first kappa shape index (κ1) is 13.9. The van der Waals surface area contributed by atoms with Crippen molar-refractivity contribution in [3.05, 3.63) is 70.5 Å². The molecule has 0 aliphatic carbocycles. The van der Waals surface area contributed by atoms with Gasteiger partial charge in [0.05, 0.1) is 17.4 Å². The highest BCUT2D eigenvalue weighted by Crippen LogP contribution is 2.25. The molecule has 0 amide bonds. The highest BCUT2D eigenvalue weighted by atomic mass is 35.5. The summed E-state index contributed by atoms with van der Waals surface area (Å²) >= 11 is 12.1. The summed E-state index contributed by atoms with van der Waals surface area (Å²) in [5.41, 5.74) is 3.24. The third-order valence-electron chi connectivity index (χ3n) is 3.13. The Bertz CT molecular complexity index is 794. The van der Waals surface area contributed by atoms with Gasteiger partial charge in [0.2, 0.25) is 0 Å². The molecule has 0 aliphatic heterocycles. The lowest BCUT2D eigenvalue weighted by atomic mass is 10.1. The molecule has 5 heteroatoms. The van der Waals surface area contributed by atoms with E-state index in [4.69, 9.17) is 23.2 Å². The molecule has 0 saturated heterocycles. The van der Waals surface area contributed by atoms with Crippen LogP contribution in [0.5, 0.6) is 0 Å². The van der Waals surface area contributed by atoms with E-state index in [0.29, 0.717) is 22.0 Å². The quantitative estimate of drug-likeness (QED) is 0.659. The Morgan fingerprint density at radius 2 is 1.76 bits per heavy atom. The van der Waals surface area contributed by atoms with Gasteiger partial charge >= 0.3 is 0 Å². The molecule has 0 N–H and O–H groups in total. The molecule has 3 rings (SSSR count). The minimum atomic E-state index is 0.306. The molecule has 0 saturated carbocycles. The van der Waals surface area contributed by atoms with Crippen molar-refractivity contribution in [1.82, 2.24) is 9.78 Å². The van der Waals surface area contributed by atoms with Gasteiger partial charge in [0.15, 0.2) is 6.29 Å². The second-order valence-corrected chi connectivity index (χ2v) is 5.27. The first-order valence-corrected chi connectivity index (χ1v) is 7.00. The lowest BCUT2D eigenvalue weighted by Crippen LogP contribution is -1.96. The van der Waals surface area contributed by atoms with Crippen molar-refractivity contribution < 1.29 is 4.79 Å². The SMILES string of the molecule is O=Cc1cnn(-c2ccc(-c3cccc(Cl)c3)cc2)c1Cl. The largest absolute Gasteiger partial charge is 0.298 e. The van der Waals surface area contributed by atoms with Gasteiger partial charge in [-0.2, -0.15) is 5.10 Å². The van der Waals surface area contributed by atoms with E-state index in [1.54, 1.807) is 0 Å². The molecule has 0 atom stereocenters. The number of carbonyl (C=O) groups is 1. The standard InChI is InChI=1S/C16H10Cl2N2O/c17-14-3-1-2-12(8-14)11-4-6-15(7-5-11)20-16(18)13(10-21)9-19-20/h1-10H.